The first kappa shape index (κ1) is 17.3. The average molecular weight is 367 g/mol. The Kier molecular flexibility index (Phi) is 6.83. The number of nitrogens with zero attached hydrogens (tertiary/aromatic N) is 2. The van der Waals surface area contributed by atoms with E-state index in [1.807, 2.05) is 19.0 Å². The summed E-state index contributed by atoms with van der Waals surface area (Å²) >= 11 is 3.17. The van der Waals surface area contributed by atoms with Gasteiger partial charge in [0, 0.05) is 23.8 Å². The summed E-state index contributed by atoms with van der Waals surface area (Å²) < 4.78 is 32.3. The molecule has 1 aromatic heterocycles. The summed E-state index contributed by atoms with van der Waals surface area (Å²) in [6.07, 6.45) is 1.44. The van der Waals surface area contributed by atoms with Crippen LogP contribution in [0.2, 0.25) is 0 Å². The minimum absolute atomic E-state index is 0.0331. The lowest BCUT2D eigenvalue weighted by Gasteiger charge is -2.11. The zero-order valence-corrected chi connectivity index (χ0v) is 13.9. The zero-order chi connectivity index (χ0) is 15.2. The molecule has 0 saturated heterocycles. The number of hydrogen-bond acceptors (Lipinski definition) is 6. The Morgan fingerprint density at radius 1 is 1.45 bits per heavy atom. The van der Waals surface area contributed by atoms with E-state index in [2.05, 4.69) is 25.6 Å². The second-order valence-electron chi connectivity index (χ2n) is 4.35. The van der Waals surface area contributed by atoms with Crippen LogP contribution in [0.5, 0.6) is 0 Å². The molecule has 0 amide bonds. The van der Waals surface area contributed by atoms with Gasteiger partial charge in [0.1, 0.15) is 10.7 Å². The average Bonchev–Trinajstić information content (AvgIpc) is 2.36. The lowest BCUT2D eigenvalue weighted by atomic mass is 10.5. The van der Waals surface area contributed by atoms with Gasteiger partial charge in [0.15, 0.2) is 0 Å². The maximum Gasteiger partial charge on any atom is 0.244 e. The molecule has 9 heteroatoms. The molecule has 0 atom stereocenters. The van der Waals surface area contributed by atoms with Gasteiger partial charge < -0.3 is 15.4 Å². The first-order chi connectivity index (χ1) is 9.33. The number of halogens is 1. The number of sulfonamides is 1. The van der Waals surface area contributed by atoms with Crippen LogP contribution < -0.4 is 10.5 Å². The number of hydrogen-bond donors (Lipinski definition) is 2. The standard InChI is InChI=1S/C11H19BrN4O3S/c1-16(2)4-6-19-5-3-15-20(17,18)10-7-9(12)8-14-11(10)13/h7-8,15H,3-6H2,1-2H3,(H2,13,14). The van der Waals surface area contributed by atoms with Gasteiger partial charge in [-0.1, -0.05) is 0 Å². The third-order valence-electron chi connectivity index (χ3n) is 2.36. The zero-order valence-electron chi connectivity index (χ0n) is 11.5. The first-order valence-corrected chi connectivity index (χ1v) is 8.23. The quantitative estimate of drug-likeness (QED) is 0.641. The summed E-state index contributed by atoms with van der Waals surface area (Å²) in [5, 5.41) is 0. The van der Waals surface area contributed by atoms with Gasteiger partial charge in [0.2, 0.25) is 10.0 Å². The van der Waals surface area contributed by atoms with Crippen LogP contribution in [0.25, 0.3) is 0 Å². The van der Waals surface area contributed by atoms with Crippen LogP contribution >= 0.6 is 15.9 Å². The van der Waals surface area contributed by atoms with Crippen molar-refractivity contribution in [3.8, 4) is 0 Å². The molecule has 0 radical (unpaired) electrons. The van der Waals surface area contributed by atoms with Crippen molar-refractivity contribution in [1.29, 1.82) is 0 Å². The smallest absolute Gasteiger partial charge is 0.244 e. The number of nitrogens with one attached hydrogen (secondary N) is 1. The van der Waals surface area contributed by atoms with Crippen LogP contribution in [0.4, 0.5) is 5.82 Å². The van der Waals surface area contributed by atoms with Gasteiger partial charge in [-0.3, -0.25) is 0 Å². The fourth-order valence-corrected chi connectivity index (χ4v) is 2.92. The van der Waals surface area contributed by atoms with Gasteiger partial charge in [-0.25, -0.2) is 18.1 Å². The maximum absolute atomic E-state index is 12.0. The normalized spacial score (nSPS) is 12.0. The SMILES string of the molecule is CN(C)CCOCCNS(=O)(=O)c1cc(Br)cnc1N. The lowest BCUT2D eigenvalue weighted by molar-refractivity contribution is 0.122. The molecule has 0 saturated carbocycles. The molecular weight excluding hydrogens is 348 g/mol. The molecule has 1 rings (SSSR count). The molecule has 114 valence electrons. The summed E-state index contributed by atoms with van der Waals surface area (Å²) in [7, 11) is 0.204. The van der Waals surface area contributed by atoms with E-state index in [1.165, 1.54) is 12.3 Å². The van der Waals surface area contributed by atoms with Gasteiger partial charge >= 0.3 is 0 Å². The molecule has 7 nitrogen and oxygen atoms in total. The highest BCUT2D eigenvalue weighted by atomic mass is 79.9. The van der Waals surface area contributed by atoms with E-state index in [1.54, 1.807) is 0 Å². The molecule has 1 heterocycles. The Balaban J connectivity index is 2.48. The predicted octanol–water partition coefficient (Wildman–Crippen LogP) is 0.283. The Morgan fingerprint density at radius 2 is 2.15 bits per heavy atom. The summed E-state index contributed by atoms with van der Waals surface area (Å²) in [4.78, 5) is 5.74. The molecule has 20 heavy (non-hydrogen) atoms. The molecule has 1 aromatic rings. The van der Waals surface area contributed by atoms with E-state index in [4.69, 9.17) is 10.5 Å². The van der Waals surface area contributed by atoms with Crippen molar-refractivity contribution in [2.24, 2.45) is 0 Å². The molecule has 0 fully saturated rings. The van der Waals surface area contributed by atoms with E-state index < -0.39 is 10.0 Å². The van der Waals surface area contributed by atoms with Gasteiger partial charge in [0.25, 0.3) is 0 Å². The maximum atomic E-state index is 12.0. The van der Waals surface area contributed by atoms with Crippen LogP contribution in [-0.2, 0) is 14.8 Å². The van der Waals surface area contributed by atoms with Crippen molar-refractivity contribution in [2.75, 3.05) is 46.1 Å². The third kappa shape index (κ3) is 5.71. The highest BCUT2D eigenvalue weighted by molar-refractivity contribution is 9.10. The first-order valence-electron chi connectivity index (χ1n) is 5.96. The van der Waals surface area contributed by atoms with E-state index in [-0.39, 0.29) is 17.3 Å². The number of ether oxygens (including phenoxy) is 1. The highest BCUT2D eigenvalue weighted by Gasteiger charge is 2.18. The van der Waals surface area contributed by atoms with E-state index in [9.17, 15) is 8.42 Å². The van der Waals surface area contributed by atoms with Gasteiger partial charge in [-0.2, -0.15) is 0 Å². The second-order valence-corrected chi connectivity index (χ2v) is 7.00. The number of pyridine rings is 1. The molecule has 0 spiro atoms. The summed E-state index contributed by atoms with van der Waals surface area (Å²) in [5.74, 6) is -0.0331. The lowest BCUT2D eigenvalue weighted by Crippen LogP contribution is -2.29. The number of nitrogens with two attached hydrogens (primary N) is 1. The molecular formula is C11H19BrN4O3S. The summed E-state index contributed by atoms with van der Waals surface area (Å²) in [6.45, 7) is 1.82. The Labute approximate surface area is 127 Å². The molecule has 0 aliphatic rings. The van der Waals surface area contributed by atoms with Crippen LogP contribution in [0.1, 0.15) is 0 Å². The van der Waals surface area contributed by atoms with E-state index >= 15 is 0 Å². The minimum atomic E-state index is -3.67. The largest absolute Gasteiger partial charge is 0.383 e. The van der Waals surface area contributed by atoms with E-state index in [0.29, 0.717) is 17.7 Å². The third-order valence-corrected chi connectivity index (χ3v) is 4.28. The van der Waals surface area contributed by atoms with E-state index in [0.717, 1.165) is 6.54 Å². The van der Waals surface area contributed by atoms with Gasteiger partial charge in [-0.15, -0.1) is 0 Å². The summed E-state index contributed by atoms with van der Waals surface area (Å²) in [6, 6.07) is 1.41. The molecule has 0 aromatic carbocycles. The Bertz CT molecular complexity index is 536. The number of nitrogen functional groups attached to an aromatic ring is 1. The molecule has 3 N–H and O–H groups in total. The van der Waals surface area contributed by atoms with Crippen molar-refractivity contribution in [2.45, 2.75) is 4.90 Å². The molecule has 0 aliphatic carbocycles. The second kappa shape index (κ2) is 7.89. The molecule has 0 unspecified atom stereocenters. The topological polar surface area (TPSA) is 97.5 Å². The Morgan fingerprint density at radius 3 is 2.80 bits per heavy atom. The van der Waals surface area contributed by atoms with Crippen molar-refractivity contribution >= 4 is 31.8 Å². The number of rotatable bonds is 8. The number of aromatic nitrogens is 1. The minimum Gasteiger partial charge on any atom is -0.383 e. The van der Waals surface area contributed by atoms with Crippen molar-refractivity contribution in [1.82, 2.24) is 14.6 Å². The molecule has 0 bridgehead atoms. The van der Waals surface area contributed by atoms with Gasteiger partial charge in [-0.05, 0) is 36.1 Å². The monoisotopic (exact) mass is 366 g/mol. The number of likely N-dealkylation sites (N-methyl/N-ethyl adjacent to an activating group) is 1. The number of anilines is 1. The van der Waals surface area contributed by atoms with Crippen molar-refractivity contribution in [3.05, 3.63) is 16.7 Å². The van der Waals surface area contributed by atoms with Crippen LogP contribution in [0.3, 0.4) is 0 Å². The summed E-state index contributed by atoms with van der Waals surface area (Å²) in [5.41, 5.74) is 5.57. The van der Waals surface area contributed by atoms with Crippen molar-refractivity contribution < 1.29 is 13.2 Å². The van der Waals surface area contributed by atoms with Crippen LogP contribution in [-0.4, -0.2) is 58.7 Å². The molecule has 0 aliphatic heterocycles. The predicted molar refractivity (Wildman–Crippen MR) is 80.9 cm³/mol. The fourth-order valence-electron chi connectivity index (χ4n) is 1.32. The van der Waals surface area contributed by atoms with Gasteiger partial charge in [0.05, 0.1) is 13.2 Å². The van der Waals surface area contributed by atoms with Crippen LogP contribution in [0.15, 0.2) is 21.6 Å². The fraction of sp³-hybridized carbons (Fsp3) is 0.545. The Hall–Kier alpha value is -0.740. The van der Waals surface area contributed by atoms with Crippen molar-refractivity contribution in [3.63, 3.8) is 0 Å². The van der Waals surface area contributed by atoms with Crippen LogP contribution in [0, 0.1) is 0 Å². The highest BCUT2D eigenvalue weighted by Crippen LogP contribution is 2.19.